The van der Waals surface area contributed by atoms with Gasteiger partial charge in [0.05, 0.1) is 13.7 Å². The summed E-state index contributed by atoms with van der Waals surface area (Å²) in [6.45, 7) is 2.93. The van der Waals surface area contributed by atoms with E-state index >= 15 is 0 Å². The number of esters is 1. The summed E-state index contributed by atoms with van der Waals surface area (Å²) in [5.41, 5.74) is 5.61. The predicted molar refractivity (Wildman–Crippen MR) is 72.7 cm³/mol. The molecule has 0 N–H and O–H groups in total. The third-order valence-electron chi connectivity index (χ3n) is 4.39. The molecular formula is C16H20O3. The Kier molecular flexibility index (Phi) is 3.21. The average molecular weight is 260 g/mol. The molecule has 0 unspecified atom stereocenters. The number of aryl methyl sites for hydroxylation is 2. The van der Waals surface area contributed by atoms with Crippen molar-refractivity contribution < 1.29 is 14.3 Å². The molecule has 1 atom stereocenters. The number of benzene rings is 1. The van der Waals surface area contributed by atoms with Crippen LogP contribution in [0, 0.1) is 6.92 Å². The van der Waals surface area contributed by atoms with Crippen LogP contribution in [0.1, 0.15) is 47.4 Å². The van der Waals surface area contributed by atoms with Crippen molar-refractivity contribution in [2.24, 2.45) is 0 Å². The number of hydrogen-bond acceptors (Lipinski definition) is 3. The molecule has 1 aliphatic heterocycles. The van der Waals surface area contributed by atoms with Crippen LogP contribution in [0.4, 0.5) is 0 Å². The molecule has 2 aliphatic rings. The van der Waals surface area contributed by atoms with Crippen LogP contribution < -0.4 is 4.74 Å². The molecule has 0 spiro atoms. The van der Waals surface area contributed by atoms with Crippen LogP contribution in [-0.4, -0.2) is 19.7 Å². The molecule has 19 heavy (non-hydrogen) atoms. The summed E-state index contributed by atoms with van der Waals surface area (Å²) in [4.78, 5) is 11.3. The summed E-state index contributed by atoms with van der Waals surface area (Å²) in [6, 6.07) is 2.28. The number of carbonyl (C=O) groups excluding carboxylic acids is 1. The highest BCUT2D eigenvalue weighted by Gasteiger charge is 2.30. The molecule has 3 nitrogen and oxygen atoms in total. The van der Waals surface area contributed by atoms with Crippen molar-refractivity contribution >= 4 is 5.97 Å². The lowest BCUT2D eigenvalue weighted by molar-refractivity contribution is -0.140. The molecule has 0 fully saturated rings. The molecule has 1 aromatic carbocycles. The quantitative estimate of drug-likeness (QED) is 0.784. The molecule has 1 heterocycles. The van der Waals surface area contributed by atoms with Gasteiger partial charge in [-0.1, -0.05) is 6.07 Å². The summed E-state index contributed by atoms with van der Waals surface area (Å²) in [7, 11) is 1.46. The van der Waals surface area contributed by atoms with Gasteiger partial charge in [0.1, 0.15) is 5.75 Å². The molecule has 0 aromatic heterocycles. The minimum absolute atomic E-state index is 0.103. The van der Waals surface area contributed by atoms with Crippen molar-refractivity contribution in [3.63, 3.8) is 0 Å². The monoisotopic (exact) mass is 260 g/mol. The second-order valence-electron chi connectivity index (χ2n) is 5.52. The van der Waals surface area contributed by atoms with Gasteiger partial charge in [-0.3, -0.25) is 4.79 Å². The fourth-order valence-corrected chi connectivity index (χ4v) is 3.54. The molecule has 0 amide bonds. The van der Waals surface area contributed by atoms with E-state index in [2.05, 4.69) is 13.0 Å². The molecule has 3 rings (SSSR count). The molecule has 0 saturated carbocycles. The van der Waals surface area contributed by atoms with Gasteiger partial charge in [0.15, 0.2) is 0 Å². The van der Waals surface area contributed by atoms with E-state index in [1.807, 2.05) is 0 Å². The molecule has 1 aliphatic carbocycles. The first-order valence-electron chi connectivity index (χ1n) is 7.05. The maximum absolute atomic E-state index is 11.3. The smallest absolute Gasteiger partial charge is 0.305 e. The number of ether oxygens (including phenoxy) is 2. The van der Waals surface area contributed by atoms with Crippen molar-refractivity contribution in [3.8, 4) is 5.75 Å². The number of carbonyl (C=O) groups is 1. The third-order valence-corrected chi connectivity index (χ3v) is 4.39. The molecule has 102 valence electrons. The van der Waals surface area contributed by atoms with Crippen LogP contribution in [0.25, 0.3) is 0 Å². The Bertz CT molecular complexity index is 519. The summed E-state index contributed by atoms with van der Waals surface area (Å²) in [5, 5.41) is 0. The van der Waals surface area contributed by atoms with Gasteiger partial charge < -0.3 is 9.47 Å². The highest BCUT2D eigenvalue weighted by molar-refractivity contribution is 5.69. The highest BCUT2D eigenvalue weighted by Crippen LogP contribution is 2.45. The second-order valence-corrected chi connectivity index (χ2v) is 5.52. The third kappa shape index (κ3) is 2.11. The maximum atomic E-state index is 11.3. The van der Waals surface area contributed by atoms with E-state index in [1.54, 1.807) is 0 Å². The van der Waals surface area contributed by atoms with Gasteiger partial charge in [-0.2, -0.15) is 0 Å². The standard InChI is InChI=1S/C16H20O3/c1-10-9-12-4-3-11(5-6-14(17)18-2)15(12)13-7-8-19-16(10)13/h9,11H,3-8H2,1-2H3/t11-/m0/s1. The van der Waals surface area contributed by atoms with Crippen molar-refractivity contribution in [3.05, 3.63) is 28.3 Å². The molecule has 0 saturated heterocycles. The maximum Gasteiger partial charge on any atom is 0.305 e. The van der Waals surface area contributed by atoms with Crippen molar-refractivity contribution in [1.82, 2.24) is 0 Å². The second kappa shape index (κ2) is 4.87. The minimum Gasteiger partial charge on any atom is -0.493 e. The highest BCUT2D eigenvalue weighted by atomic mass is 16.5. The Morgan fingerprint density at radius 2 is 2.32 bits per heavy atom. The van der Waals surface area contributed by atoms with Crippen molar-refractivity contribution in [2.75, 3.05) is 13.7 Å². The van der Waals surface area contributed by atoms with E-state index in [0.717, 1.165) is 38.0 Å². The molecule has 0 radical (unpaired) electrons. The Hall–Kier alpha value is -1.51. The minimum atomic E-state index is -0.103. The van der Waals surface area contributed by atoms with Gasteiger partial charge >= 0.3 is 5.97 Å². The molecular weight excluding hydrogens is 240 g/mol. The Morgan fingerprint density at radius 1 is 1.47 bits per heavy atom. The largest absolute Gasteiger partial charge is 0.493 e. The van der Waals surface area contributed by atoms with E-state index < -0.39 is 0 Å². The van der Waals surface area contributed by atoms with Crippen LogP contribution in [0.15, 0.2) is 6.07 Å². The van der Waals surface area contributed by atoms with Crippen molar-refractivity contribution in [1.29, 1.82) is 0 Å². The summed E-state index contributed by atoms with van der Waals surface area (Å²) < 4.78 is 10.5. The topological polar surface area (TPSA) is 35.5 Å². The van der Waals surface area contributed by atoms with Gasteiger partial charge in [0.2, 0.25) is 0 Å². The molecule has 1 aromatic rings. The summed E-state index contributed by atoms with van der Waals surface area (Å²) in [5.74, 6) is 1.50. The van der Waals surface area contributed by atoms with Gasteiger partial charge in [-0.25, -0.2) is 0 Å². The van der Waals surface area contributed by atoms with E-state index in [0.29, 0.717) is 12.3 Å². The van der Waals surface area contributed by atoms with Crippen LogP contribution in [0.3, 0.4) is 0 Å². The van der Waals surface area contributed by atoms with E-state index in [-0.39, 0.29) is 5.97 Å². The van der Waals surface area contributed by atoms with E-state index in [4.69, 9.17) is 9.47 Å². The predicted octanol–water partition coefficient (Wildman–Crippen LogP) is 2.91. The van der Waals surface area contributed by atoms with Gasteiger partial charge in [-0.05, 0) is 48.8 Å². The number of methoxy groups -OCH3 is 1. The fourth-order valence-electron chi connectivity index (χ4n) is 3.54. The van der Waals surface area contributed by atoms with Gasteiger partial charge in [-0.15, -0.1) is 0 Å². The average Bonchev–Trinajstić information content (AvgIpc) is 3.02. The fraction of sp³-hybridized carbons (Fsp3) is 0.562. The number of hydrogen-bond donors (Lipinski definition) is 0. The van der Waals surface area contributed by atoms with Crippen LogP contribution in [0.5, 0.6) is 5.75 Å². The lowest BCUT2D eigenvalue weighted by Gasteiger charge is -2.15. The Balaban J connectivity index is 1.88. The summed E-state index contributed by atoms with van der Waals surface area (Å²) in [6.07, 6.45) is 4.73. The lowest BCUT2D eigenvalue weighted by atomic mass is 9.90. The van der Waals surface area contributed by atoms with Crippen LogP contribution in [-0.2, 0) is 22.4 Å². The Labute approximate surface area is 113 Å². The zero-order chi connectivity index (χ0) is 13.4. The van der Waals surface area contributed by atoms with Gasteiger partial charge in [0, 0.05) is 18.4 Å². The van der Waals surface area contributed by atoms with E-state index in [1.165, 1.54) is 29.4 Å². The number of rotatable bonds is 3. The number of fused-ring (bicyclic) bond motifs is 3. The lowest BCUT2D eigenvalue weighted by Crippen LogP contribution is -2.05. The van der Waals surface area contributed by atoms with Crippen LogP contribution in [0.2, 0.25) is 0 Å². The molecule has 3 heteroatoms. The first-order valence-corrected chi connectivity index (χ1v) is 7.05. The zero-order valence-electron chi connectivity index (χ0n) is 11.6. The van der Waals surface area contributed by atoms with Crippen LogP contribution >= 0.6 is 0 Å². The van der Waals surface area contributed by atoms with E-state index in [9.17, 15) is 4.79 Å². The molecule has 0 bridgehead atoms. The normalized spacial score (nSPS) is 19.8. The summed E-state index contributed by atoms with van der Waals surface area (Å²) >= 11 is 0. The Morgan fingerprint density at radius 3 is 3.11 bits per heavy atom. The SMILES string of the molecule is COC(=O)CC[C@@H]1CCc2cc(C)c3c(c21)CCO3. The first-order chi connectivity index (χ1) is 9.20. The first kappa shape index (κ1) is 12.5. The van der Waals surface area contributed by atoms with Gasteiger partial charge in [0.25, 0.3) is 0 Å². The van der Waals surface area contributed by atoms with Crippen molar-refractivity contribution in [2.45, 2.75) is 44.9 Å². The zero-order valence-corrected chi connectivity index (χ0v) is 11.6.